The van der Waals surface area contributed by atoms with Gasteiger partial charge in [-0.3, -0.25) is 9.79 Å². The standard InChI is InChI=1S/C16H20N4O2/c21-15(18-8-10-22-11-9-18)12-20-14-5-2-1-4-13(14)19-7-3-6-17-16(19)20/h1-2,4-5H,3,6-12H2. The van der Waals surface area contributed by atoms with E-state index in [0.29, 0.717) is 32.8 Å². The molecule has 3 aliphatic heterocycles. The van der Waals surface area contributed by atoms with Gasteiger partial charge in [0.15, 0.2) is 0 Å². The summed E-state index contributed by atoms with van der Waals surface area (Å²) in [6.45, 7) is 4.80. The molecule has 22 heavy (non-hydrogen) atoms. The van der Waals surface area contributed by atoms with Crippen LogP contribution in [0.2, 0.25) is 0 Å². The summed E-state index contributed by atoms with van der Waals surface area (Å²) in [7, 11) is 0. The number of morpholine rings is 1. The zero-order valence-electron chi connectivity index (χ0n) is 12.6. The van der Waals surface area contributed by atoms with Crippen molar-refractivity contribution in [3.05, 3.63) is 24.3 Å². The van der Waals surface area contributed by atoms with Crippen LogP contribution in [0.1, 0.15) is 6.42 Å². The number of rotatable bonds is 2. The fraction of sp³-hybridized carbons (Fsp3) is 0.500. The van der Waals surface area contributed by atoms with Gasteiger partial charge < -0.3 is 19.4 Å². The normalized spacial score (nSPS) is 20.5. The minimum atomic E-state index is 0.147. The van der Waals surface area contributed by atoms with Crippen LogP contribution in [0.25, 0.3) is 0 Å². The predicted octanol–water partition coefficient (Wildman–Crippen LogP) is 0.931. The first-order valence-corrected chi connectivity index (χ1v) is 7.89. The van der Waals surface area contributed by atoms with Gasteiger partial charge >= 0.3 is 0 Å². The highest BCUT2D eigenvalue weighted by Gasteiger charge is 2.35. The van der Waals surface area contributed by atoms with Gasteiger partial charge in [0, 0.05) is 26.2 Å². The Bertz CT molecular complexity index is 610. The number of para-hydroxylation sites is 2. The van der Waals surface area contributed by atoms with Crippen LogP contribution >= 0.6 is 0 Å². The first-order valence-electron chi connectivity index (χ1n) is 7.89. The molecular weight excluding hydrogens is 280 g/mol. The Morgan fingerprint density at radius 2 is 1.91 bits per heavy atom. The molecule has 116 valence electrons. The minimum Gasteiger partial charge on any atom is -0.378 e. The van der Waals surface area contributed by atoms with Crippen molar-refractivity contribution < 1.29 is 9.53 Å². The summed E-state index contributed by atoms with van der Waals surface area (Å²) in [5.41, 5.74) is 2.25. The number of benzene rings is 1. The SMILES string of the molecule is O=C(CN1C2=NCCCN2c2ccccc21)N1CCOCC1. The molecule has 1 aromatic carbocycles. The highest BCUT2D eigenvalue weighted by Crippen LogP contribution is 2.38. The van der Waals surface area contributed by atoms with E-state index in [1.807, 2.05) is 17.0 Å². The fourth-order valence-corrected chi connectivity index (χ4v) is 3.28. The fourth-order valence-electron chi connectivity index (χ4n) is 3.28. The minimum absolute atomic E-state index is 0.147. The van der Waals surface area contributed by atoms with E-state index in [4.69, 9.17) is 4.74 Å². The number of ether oxygens (including phenoxy) is 1. The quantitative estimate of drug-likeness (QED) is 0.815. The van der Waals surface area contributed by atoms with Gasteiger partial charge in [0.25, 0.3) is 0 Å². The lowest BCUT2D eigenvalue weighted by atomic mass is 10.2. The van der Waals surface area contributed by atoms with Gasteiger partial charge in [-0.15, -0.1) is 0 Å². The van der Waals surface area contributed by atoms with Gasteiger partial charge in [-0.1, -0.05) is 12.1 Å². The molecule has 1 aromatic rings. The van der Waals surface area contributed by atoms with Crippen LogP contribution in [-0.2, 0) is 9.53 Å². The molecule has 0 N–H and O–H groups in total. The average molecular weight is 300 g/mol. The predicted molar refractivity (Wildman–Crippen MR) is 85.5 cm³/mol. The number of carbonyl (C=O) groups is 1. The molecule has 0 unspecified atom stereocenters. The first kappa shape index (κ1) is 13.6. The molecule has 0 spiro atoms. The number of aliphatic imine (C=N–C) groups is 1. The highest BCUT2D eigenvalue weighted by atomic mass is 16.5. The summed E-state index contributed by atoms with van der Waals surface area (Å²) < 4.78 is 5.32. The van der Waals surface area contributed by atoms with Crippen LogP contribution in [0.5, 0.6) is 0 Å². The second-order valence-electron chi connectivity index (χ2n) is 5.75. The molecule has 0 saturated carbocycles. The Morgan fingerprint density at radius 1 is 1.14 bits per heavy atom. The average Bonchev–Trinajstić information content (AvgIpc) is 2.90. The van der Waals surface area contributed by atoms with E-state index in [9.17, 15) is 4.79 Å². The van der Waals surface area contributed by atoms with E-state index >= 15 is 0 Å². The van der Waals surface area contributed by atoms with Crippen molar-refractivity contribution in [3.8, 4) is 0 Å². The Hall–Kier alpha value is -2.08. The van der Waals surface area contributed by atoms with Crippen molar-refractivity contribution >= 4 is 23.2 Å². The summed E-state index contributed by atoms with van der Waals surface area (Å²) in [6, 6.07) is 8.24. The van der Waals surface area contributed by atoms with Crippen molar-refractivity contribution in [2.75, 3.05) is 55.7 Å². The van der Waals surface area contributed by atoms with E-state index in [1.165, 1.54) is 0 Å². The molecule has 0 bridgehead atoms. The maximum Gasteiger partial charge on any atom is 0.242 e. The van der Waals surface area contributed by atoms with Gasteiger partial charge in [-0.05, 0) is 18.6 Å². The lowest BCUT2D eigenvalue weighted by Crippen LogP contribution is -2.49. The lowest BCUT2D eigenvalue weighted by Gasteiger charge is -2.30. The number of hydrogen-bond acceptors (Lipinski definition) is 5. The second-order valence-corrected chi connectivity index (χ2v) is 5.75. The van der Waals surface area contributed by atoms with Crippen LogP contribution < -0.4 is 9.80 Å². The summed E-state index contributed by atoms with van der Waals surface area (Å²) in [5.74, 6) is 1.07. The van der Waals surface area contributed by atoms with Crippen LogP contribution in [0.15, 0.2) is 29.3 Å². The molecule has 0 atom stereocenters. The molecule has 0 aliphatic carbocycles. The molecule has 6 heteroatoms. The molecule has 3 aliphatic rings. The summed E-state index contributed by atoms with van der Waals surface area (Å²) in [6.07, 6.45) is 1.06. The molecule has 0 radical (unpaired) electrons. The van der Waals surface area contributed by atoms with E-state index < -0.39 is 0 Å². The van der Waals surface area contributed by atoms with Crippen molar-refractivity contribution in [1.29, 1.82) is 0 Å². The van der Waals surface area contributed by atoms with Crippen LogP contribution in [0, 0.1) is 0 Å². The largest absolute Gasteiger partial charge is 0.378 e. The molecule has 1 amide bonds. The van der Waals surface area contributed by atoms with E-state index in [2.05, 4.69) is 26.9 Å². The molecule has 3 heterocycles. The highest BCUT2D eigenvalue weighted by molar-refractivity contribution is 6.18. The third-order valence-electron chi connectivity index (χ3n) is 4.40. The van der Waals surface area contributed by atoms with Crippen LogP contribution in [-0.4, -0.2) is 62.7 Å². The van der Waals surface area contributed by atoms with Crippen molar-refractivity contribution in [1.82, 2.24) is 4.90 Å². The number of fused-ring (bicyclic) bond motifs is 3. The summed E-state index contributed by atoms with van der Waals surface area (Å²) in [4.78, 5) is 23.4. The van der Waals surface area contributed by atoms with Crippen LogP contribution in [0.4, 0.5) is 11.4 Å². The number of carbonyl (C=O) groups excluding carboxylic acids is 1. The molecular formula is C16H20N4O2. The second kappa shape index (κ2) is 5.61. The topological polar surface area (TPSA) is 48.4 Å². The van der Waals surface area contributed by atoms with Crippen molar-refractivity contribution in [3.63, 3.8) is 0 Å². The van der Waals surface area contributed by atoms with E-state index in [0.717, 1.165) is 36.8 Å². The number of anilines is 2. The lowest BCUT2D eigenvalue weighted by molar-refractivity contribution is -0.133. The molecule has 1 saturated heterocycles. The number of hydrogen-bond donors (Lipinski definition) is 0. The van der Waals surface area contributed by atoms with Crippen LogP contribution in [0.3, 0.4) is 0 Å². The zero-order chi connectivity index (χ0) is 14.9. The van der Waals surface area contributed by atoms with Gasteiger partial charge in [0.05, 0.1) is 24.6 Å². The molecule has 0 aromatic heterocycles. The Balaban J connectivity index is 1.60. The Kier molecular flexibility index (Phi) is 3.46. The van der Waals surface area contributed by atoms with Crippen molar-refractivity contribution in [2.24, 2.45) is 4.99 Å². The number of nitrogens with zero attached hydrogens (tertiary/aromatic N) is 4. The van der Waals surface area contributed by atoms with Gasteiger partial charge in [0.1, 0.15) is 6.54 Å². The maximum atomic E-state index is 12.6. The smallest absolute Gasteiger partial charge is 0.242 e. The molecule has 1 fully saturated rings. The van der Waals surface area contributed by atoms with Crippen molar-refractivity contribution in [2.45, 2.75) is 6.42 Å². The third kappa shape index (κ3) is 2.23. The molecule has 6 nitrogen and oxygen atoms in total. The number of guanidine groups is 1. The van der Waals surface area contributed by atoms with Gasteiger partial charge in [-0.25, -0.2) is 0 Å². The van der Waals surface area contributed by atoms with E-state index in [-0.39, 0.29) is 5.91 Å². The Labute approximate surface area is 130 Å². The van der Waals surface area contributed by atoms with E-state index in [1.54, 1.807) is 0 Å². The Morgan fingerprint density at radius 3 is 2.73 bits per heavy atom. The first-order chi connectivity index (χ1) is 10.8. The monoisotopic (exact) mass is 300 g/mol. The third-order valence-corrected chi connectivity index (χ3v) is 4.40. The number of amides is 1. The van der Waals surface area contributed by atoms with Gasteiger partial charge in [0.2, 0.25) is 11.9 Å². The van der Waals surface area contributed by atoms with Gasteiger partial charge in [-0.2, -0.15) is 0 Å². The zero-order valence-corrected chi connectivity index (χ0v) is 12.6. The maximum absolute atomic E-state index is 12.6. The summed E-state index contributed by atoms with van der Waals surface area (Å²) >= 11 is 0. The summed E-state index contributed by atoms with van der Waals surface area (Å²) in [5, 5.41) is 0. The molecule has 4 rings (SSSR count).